The van der Waals surface area contributed by atoms with E-state index in [0.29, 0.717) is 6.54 Å². The molecule has 1 aliphatic heterocycles. The summed E-state index contributed by atoms with van der Waals surface area (Å²) in [6, 6.07) is 12.8. The van der Waals surface area contributed by atoms with Crippen LogP contribution in [0.5, 0.6) is 0 Å². The van der Waals surface area contributed by atoms with Crippen molar-refractivity contribution in [2.45, 2.75) is 31.2 Å². The van der Waals surface area contributed by atoms with Crippen LogP contribution in [0.3, 0.4) is 0 Å². The van der Waals surface area contributed by atoms with Gasteiger partial charge in [-0.1, -0.05) is 30.7 Å². The highest BCUT2D eigenvalue weighted by Gasteiger charge is 2.23. The van der Waals surface area contributed by atoms with Crippen LogP contribution in [0, 0.1) is 11.6 Å². The summed E-state index contributed by atoms with van der Waals surface area (Å²) in [6.45, 7) is 3.23. The first-order chi connectivity index (χ1) is 16.2. The van der Waals surface area contributed by atoms with Gasteiger partial charge in [0.2, 0.25) is 5.91 Å². The lowest BCUT2D eigenvalue weighted by Gasteiger charge is -2.32. The summed E-state index contributed by atoms with van der Waals surface area (Å²) in [5, 5.41) is 17.9. The number of halogens is 2. The van der Waals surface area contributed by atoms with Crippen LogP contribution in [0.25, 0.3) is 0 Å². The van der Waals surface area contributed by atoms with Crippen LogP contribution in [0.1, 0.15) is 36.3 Å². The lowest BCUT2D eigenvalue weighted by molar-refractivity contribution is -0.159. The van der Waals surface area contributed by atoms with Gasteiger partial charge in [-0.3, -0.25) is 9.69 Å². The summed E-state index contributed by atoms with van der Waals surface area (Å²) in [6.07, 6.45) is 2.86. The Morgan fingerprint density at radius 1 is 0.941 bits per heavy atom. The van der Waals surface area contributed by atoms with E-state index in [1.165, 1.54) is 24.3 Å². The Balaban J connectivity index is 0.000000604. The van der Waals surface area contributed by atoms with Crippen molar-refractivity contribution in [3.8, 4) is 0 Å². The van der Waals surface area contributed by atoms with Crippen LogP contribution in [0.2, 0.25) is 0 Å². The topological polar surface area (TPSA) is 133 Å². The third-order valence-electron chi connectivity index (χ3n) is 5.55. The van der Waals surface area contributed by atoms with Crippen molar-refractivity contribution in [2.24, 2.45) is 5.73 Å². The standard InChI is InChI=1S/C22H27F2N3O.C2H2O4/c23-18-8-4-16(5-9-18)20(17-6-10-19(24)11-7-17)3-1-2-13-27-14-12-26-21(15-27)22(25)28;3-1(4)2(5)6/h4-11,20-21,26H,1-3,12-15H2,(H2,25,28);(H,3,4)(H,5,6). The zero-order chi connectivity index (χ0) is 25.1. The van der Waals surface area contributed by atoms with Gasteiger partial charge in [-0.25, -0.2) is 18.4 Å². The number of carbonyl (C=O) groups is 3. The van der Waals surface area contributed by atoms with Crippen molar-refractivity contribution in [1.82, 2.24) is 10.2 Å². The Morgan fingerprint density at radius 2 is 1.44 bits per heavy atom. The van der Waals surface area contributed by atoms with Crippen molar-refractivity contribution in [3.05, 3.63) is 71.3 Å². The van der Waals surface area contributed by atoms with Gasteiger partial charge >= 0.3 is 11.9 Å². The molecule has 0 aromatic heterocycles. The molecule has 0 spiro atoms. The van der Waals surface area contributed by atoms with Crippen LogP contribution in [0.15, 0.2) is 48.5 Å². The highest BCUT2D eigenvalue weighted by Crippen LogP contribution is 2.30. The first kappa shape index (κ1) is 26.9. The van der Waals surface area contributed by atoms with Crippen LogP contribution in [0.4, 0.5) is 8.78 Å². The number of unbranched alkanes of at least 4 members (excludes halogenated alkanes) is 1. The average Bonchev–Trinajstić information content (AvgIpc) is 2.81. The summed E-state index contributed by atoms with van der Waals surface area (Å²) in [7, 11) is 0. The van der Waals surface area contributed by atoms with Gasteiger partial charge in [0.25, 0.3) is 0 Å². The fraction of sp³-hybridized carbons (Fsp3) is 0.375. The fourth-order valence-electron chi connectivity index (χ4n) is 3.80. The number of primary amides is 1. The van der Waals surface area contributed by atoms with E-state index in [9.17, 15) is 13.6 Å². The number of piperazine rings is 1. The highest BCUT2D eigenvalue weighted by molar-refractivity contribution is 6.27. The Labute approximate surface area is 196 Å². The maximum atomic E-state index is 13.3. The van der Waals surface area contributed by atoms with Crippen LogP contribution in [-0.2, 0) is 14.4 Å². The lowest BCUT2D eigenvalue weighted by Crippen LogP contribution is -2.56. The SMILES string of the molecule is NC(=O)C1CN(CCCCC(c2ccc(F)cc2)c2ccc(F)cc2)CCN1.O=C(O)C(=O)O. The number of amides is 1. The van der Waals surface area contributed by atoms with E-state index in [1.54, 1.807) is 24.3 Å². The molecular formula is C24H29F2N3O5. The number of nitrogens with zero attached hydrogens (tertiary/aromatic N) is 1. The Morgan fingerprint density at radius 3 is 1.88 bits per heavy atom. The smallest absolute Gasteiger partial charge is 0.414 e. The molecule has 1 atom stereocenters. The second-order valence-electron chi connectivity index (χ2n) is 7.97. The van der Waals surface area contributed by atoms with Gasteiger partial charge in [-0.05, 0) is 54.8 Å². The molecule has 3 rings (SSSR count). The number of carbonyl (C=O) groups excluding carboxylic acids is 1. The minimum Gasteiger partial charge on any atom is -0.473 e. The minimum atomic E-state index is -1.82. The summed E-state index contributed by atoms with van der Waals surface area (Å²) >= 11 is 0. The van der Waals surface area contributed by atoms with Crippen molar-refractivity contribution in [2.75, 3.05) is 26.2 Å². The molecular weight excluding hydrogens is 448 g/mol. The lowest BCUT2D eigenvalue weighted by atomic mass is 9.87. The molecule has 0 aliphatic carbocycles. The number of benzene rings is 2. The third kappa shape index (κ3) is 8.87. The average molecular weight is 478 g/mol. The fourth-order valence-corrected chi connectivity index (χ4v) is 3.80. The van der Waals surface area contributed by atoms with Crippen LogP contribution in [-0.4, -0.2) is 65.2 Å². The Kier molecular flexibility index (Phi) is 10.6. The van der Waals surface area contributed by atoms with Gasteiger partial charge in [0.1, 0.15) is 11.6 Å². The molecule has 5 N–H and O–H groups in total. The summed E-state index contributed by atoms with van der Waals surface area (Å²) in [5.41, 5.74) is 7.46. The van der Waals surface area contributed by atoms with E-state index in [0.717, 1.165) is 50.0 Å². The normalized spacial score (nSPS) is 15.9. The molecule has 1 fully saturated rings. The van der Waals surface area contributed by atoms with E-state index >= 15 is 0 Å². The molecule has 0 saturated carbocycles. The summed E-state index contributed by atoms with van der Waals surface area (Å²) in [4.78, 5) is 31.8. The molecule has 1 unspecified atom stereocenters. The minimum absolute atomic E-state index is 0.0996. The number of rotatable bonds is 8. The molecule has 10 heteroatoms. The Bertz CT molecular complexity index is 897. The molecule has 184 valence electrons. The van der Waals surface area contributed by atoms with Gasteiger partial charge in [0, 0.05) is 25.6 Å². The van der Waals surface area contributed by atoms with Crippen LogP contribution >= 0.6 is 0 Å². The first-order valence-electron chi connectivity index (χ1n) is 10.9. The predicted molar refractivity (Wildman–Crippen MR) is 121 cm³/mol. The molecule has 8 nitrogen and oxygen atoms in total. The molecule has 0 radical (unpaired) electrons. The van der Waals surface area contributed by atoms with Gasteiger partial charge in [0.05, 0.1) is 6.04 Å². The third-order valence-corrected chi connectivity index (χ3v) is 5.55. The zero-order valence-electron chi connectivity index (χ0n) is 18.6. The van der Waals surface area contributed by atoms with E-state index in [-0.39, 0.29) is 29.5 Å². The van der Waals surface area contributed by atoms with Crippen molar-refractivity contribution >= 4 is 17.8 Å². The molecule has 1 aliphatic rings. The number of nitrogens with one attached hydrogen (secondary N) is 1. The second kappa shape index (κ2) is 13.4. The molecule has 2 aromatic rings. The van der Waals surface area contributed by atoms with Gasteiger partial charge < -0.3 is 21.3 Å². The summed E-state index contributed by atoms with van der Waals surface area (Å²) < 4.78 is 26.6. The zero-order valence-corrected chi connectivity index (χ0v) is 18.6. The molecule has 0 bridgehead atoms. The predicted octanol–water partition coefficient (Wildman–Crippen LogP) is 2.18. The van der Waals surface area contributed by atoms with Crippen LogP contribution < -0.4 is 11.1 Å². The monoisotopic (exact) mass is 477 g/mol. The largest absolute Gasteiger partial charge is 0.473 e. The van der Waals surface area contributed by atoms with E-state index < -0.39 is 11.9 Å². The number of carboxylic acid groups (broad SMARTS) is 2. The number of hydrogen-bond acceptors (Lipinski definition) is 5. The number of hydrogen-bond donors (Lipinski definition) is 4. The number of carboxylic acids is 2. The molecule has 34 heavy (non-hydrogen) atoms. The van der Waals surface area contributed by atoms with Crippen molar-refractivity contribution < 1.29 is 33.4 Å². The quantitative estimate of drug-likeness (QED) is 0.338. The van der Waals surface area contributed by atoms with E-state index in [2.05, 4.69) is 10.2 Å². The highest BCUT2D eigenvalue weighted by atomic mass is 19.1. The maximum absolute atomic E-state index is 13.3. The van der Waals surface area contributed by atoms with Gasteiger partial charge in [-0.2, -0.15) is 0 Å². The molecule has 1 heterocycles. The van der Waals surface area contributed by atoms with E-state index in [1.807, 2.05) is 0 Å². The number of nitrogens with two attached hydrogens (primary N) is 1. The molecule has 1 amide bonds. The summed E-state index contributed by atoms with van der Waals surface area (Å²) in [5.74, 6) is -4.38. The second-order valence-corrected chi connectivity index (χ2v) is 7.97. The Hall–Kier alpha value is -3.37. The first-order valence-corrected chi connectivity index (χ1v) is 10.9. The van der Waals surface area contributed by atoms with E-state index in [4.69, 9.17) is 25.5 Å². The van der Waals surface area contributed by atoms with Crippen molar-refractivity contribution in [1.29, 1.82) is 0 Å². The van der Waals surface area contributed by atoms with Gasteiger partial charge in [-0.15, -0.1) is 0 Å². The van der Waals surface area contributed by atoms with Gasteiger partial charge in [0.15, 0.2) is 0 Å². The molecule has 1 saturated heterocycles. The maximum Gasteiger partial charge on any atom is 0.414 e. The van der Waals surface area contributed by atoms with Crippen molar-refractivity contribution in [3.63, 3.8) is 0 Å². The number of aliphatic carboxylic acids is 2. The molecule has 2 aromatic carbocycles.